The molecule has 3 nitrogen and oxygen atoms in total. The van der Waals surface area contributed by atoms with Crippen LogP contribution in [0.4, 0.5) is 0 Å². The first-order chi connectivity index (χ1) is 7.63. The Labute approximate surface area is 95.7 Å². The highest BCUT2D eigenvalue weighted by Gasteiger charge is 2.18. The lowest BCUT2D eigenvalue weighted by Gasteiger charge is -2.21. The van der Waals surface area contributed by atoms with Gasteiger partial charge < -0.3 is 9.47 Å². The van der Waals surface area contributed by atoms with E-state index in [0.717, 1.165) is 6.08 Å². The maximum atomic E-state index is 11.1. The highest BCUT2D eigenvalue weighted by atomic mass is 16.7. The third-order valence-electron chi connectivity index (χ3n) is 1.94. The lowest BCUT2D eigenvalue weighted by Crippen LogP contribution is -2.28. The molecule has 0 fully saturated rings. The van der Waals surface area contributed by atoms with E-state index in [-0.39, 0.29) is 5.92 Å². The minimum Gasteiger partial charge on any atom is -0.454 e. The van der Waals surface area contributed by atoms with Crippen molar-refractivity contribution in [2.24, 2.45) is 5.92 Å². The monoisotopic (exact) mass is 220 g/mol. The lowest BCUT2D eigenvalue weighted by molar-refractivity contribution is -0.163. The van der Waals surface area contributed by atoms with Crippen LogP contribution in [0.3, 0.4) is 0 Å². The van der Waals surface area contributed by atoms with E-state index >= 15 is 0 Å². The van der Waals surface area contributed by atoms with Crippen molar-refractivity contribution in [2.75, 3.05) is 0 Å². The maximum absolute atomic E-state index is 11.1. The third-order valence-corrected chi connectivity index (χ3v) is 1.94. The number of para-hydroxylation sites is 1. The highest BCUT2D eigenvalue weighted by Crippen LogP contribution is 2.16. The maximum Gasteiger partial charge on any atom is 0.333 e. The highest BCUT2D eigenvalue weighted by molar-refractivity contribution is 5.81. The molecule has 0 aliphatic heterocycles. The van der Waals surface area contributed by atoms with Gasteiger partial charge >= 0.3 is 5.97 Å². The van der Waals surface area contributed by atoms with Crippen molar-refractivity contribution in [2.45, 2.75) is 20.1 Å². The Balaban J connectivity index is 2.65. The summed E-state index contributed by atoms with van der Waals surface area (Å²) in [6, 6.07) is 9.26. The standard InChI is InChI=1S/C13H16O3/c1-4-12(14)16-13(10(2)3)15-11-8-6-5-7-9-11/h4-10,13H,1H2,2-3H3. The zero-order valence-electron chi connectivity index (χ0n) is 9.55. The first kappa shape index (κ1) is 12.3. The van der Waals surface area contributed by atoms with E-state index in [0.29, 0.717) is 5.75 Å². The number of esters is 1. The van der Waals surface area contributed by atoms with Crippen LogP contribution in [0.1, 0.15) is 13.8 Å². The number of carbonyl (C=O) groups is 1. The molecule has 1 unspecified atom stereocenters. The van der Waals surface area contributed by atoms with Crippen LogP contribution in [0.2, 0.25) is 0 Å². The van der Waals surface area contributed by atoms with Crippen molar-refractivity contribution >= 4 is 5.97 Å². The molecule has 16 heavy (non-hydrogen) atoms. The predicted octanol–water partition coefficient (Wildman–Crippen LogP) is 2.78. The van der Waals surface area contributed by atoms with E-state index in [1.165, 1.54) is 0 Å². The summed E-state index contributed by atoms with van der Waals surface area (Å²) in [7, 11) is 0. The number of hydrogen-bond donors (Lipinski definition) is 0. The average molecular weight is 220 g/mol. The second-order valence-corrected chi connectivity index (χ2v) is 3.68. The molecule has 1 atom stereocenters. The Hall–Kier alpha value is -1.77. The molecule has 0 N–H and O–H groups in total. The zero-order valence-corrected chi connectivity index (χ0v) is 9.55. The van der Waals surface area contributed by atoms with E-state index in [2.05, 4.69) is 6.58 Å². The molecule has 0 amide bonds. The van der Waals surface area contributed by atoms with E-state index < -0.39 is 12.3 Å². The van der Waals surface area contributed by atoms with Crippen LogP contribution in [0.25, 0.3) is 0 Å². The molecular formula is C13H16O3. The van der Waals surface area contributed by atoms with Gasteiger partial charge in [-0.1, -0.05) is 38.6 Å². The van der Waals surface area contributed by atoms with Crippen LogP contribution in [-0.4, -0.2) is 12.3 Å². The number of benzene rings is 1. The summed E-state index contributed by atoms with van der Waals surface area (Å²) < 4.78 is 10.6. The molecule has 0 heterocycles. The fourth-order valence-electron chi connectivity index (χ4n) is 1.09. The molecule has 86 valence electrons. The van der Waals surface area contributed by atoms with Gasteiger partial charge in [0.1, 0.15) is 5.75 Å². The predicted molar refractivity (Wildman–Crippen MR) is 62.0 cm³/mol. The summed E-state index contributed by atoms with van der Waals surface area (Å²) in [6.07, 6.45) is 0.539. The van der Waals surface area contributed by atoms with Crippen LogP contribution in [0.15, 0.2) is 43.0 Å². The van der Waals surface area contributed by atoms with Crippen molar-refractivity contribution in [3.05, 3.63) is 43.0 Å². The minimum absolute atomic E-state index is 0.0732. The molecule has 0 radical (unpaired) electrons. The summed E-state index contributed by atoms with van der Waals surface area (Å²) in [6.45, 7) is 7.19. The Morgan fingerprint density at radius 2 is 1.94 bits per heavy atom. The summed E-state index contributed by atoms with van der Waals surface area (Å²) in [5.41, 5.74) is 0. The molecule has 0 aromatic heterocycles. The normalized spacial score (nSPS) is 11.9. The van der Waals surface area contributed by atoms with Crippen LogP contribution in [-0.2, 0) is 9.53 Å². The molecule has 0 spiro atoms. The van der Waals surface area contributed by atoms with Gasteiger partial charge in [0.15, 0.2) is 0 Å². The Morgan fingerprint density at radius 1 is 1.31 bits per heavy atom. The van der Waals surface area contributed by atoms with Gasteiger partial charge in [0.25, 0.3) is 0 Å². The van der Waals surface area contributed by atoms with Crippen molar-refractivity contribution in [3.63, 3.8) is 0 Å². The first-order valence-electron chi connectivity index (χ1n) is 5.18. The smallest absolute Gasteiger partial charge is 0.333 e. The molecule has 0 aliphatic carbocycles. The van der Waals surface area contributed by atoms with Crippen LogP contribution in [0, 0.1) is 5.92 Å². The summed E-state index contributed by atoms with van der Waals surface area (Å²) in [4.78, 5) is 11.1. The van der Waals surface area contributed by atoms with Gasteiger partial charge in [0.05, 0.1) is 0 Å². The van der Waals surface area contributed by atoms with Crippen molar-refractivity contribution < 1.29 is 14.3 Å². The molecule has 0 aliphatic rings. The molecular weight excluding hydrogens is 204 g/mol. The fourth-order valence-corrected chi connectivity index (χ4v) is 1.09. The van der Waals surface area contributed by atoms with E-state index in [9.17, 15) is 4.79 Å². The third kappa shape index (κ3) is 3.77. The first-order valence-corrected chi connectivity index (χ1v) is 5.18. The van der Waals surface area contributed by atoms with Crippen molar-refractivity contribution in [3.8, 4) is 5.75 Å². The molecule has 0 bridgehead atoms. The van der Waals surface area contributed by atoms with Gasteiger partial charge in [-0.3, -0.25) is 0 Å². The van der Waals surface area contributed by atoms with Crippen LogP contribution >= 0.6 is 0 Å². The summed E-state index contributed by atoms with van der Waals surface area (Å²) >= 11 is 0. The number of rotatable bonds is 5. The van der Waals surface area contributed by atoms with E-state index in [1.54, 1.807) is 0 Å². The lowest BCUT2D eigenvalue weighted by atomic mass is 10.2. The Bertz CT molecular complexity index is 343. The van der Waals surface area contributed by atoms with Gasteiger partial charge in [0, 0.05) is 12.0 Å². The average Bonchev–Trinajstić information content (AvgIpc) is 2.29. The molecule has 1 aromatic carbocycles. The molecule has 3 heteroatoms. The number of carbonyl (C=O) groups excluding carboxylic acids is 1. The van der Waals surface area contributed by atoms with Gasteiger partial charge in [0.2, 0.25) is 6.29 Å². The molecule has 0 saturated heterocycles. The fraction of sp³-hybridized carbons (Fsp3) is 0.308. The van der Waals surface area contributed by atoms with Crippen LogP contribution in [0.5, 0.6) is 5.75 Å². The topological polar surface area (TPSA) is 35.5 Å². The van der Waals surface area contributed by atoms with Gasteiger partial charge in [-0.2, -0.15) is 0 Å². The van der Waals surface area contributed by atoms with Gasteiger partial charge in [-0.15, -0.1) is 0 Å². The van der Waals surface area contributed by atoms with Crippen molar-refractivity contribution in [1.29, 1.82) is 0 Å². The largest absolute Gasteiger partial charge is 0.454 e. The second-order valence-electron chi connectivity index (χ2n) is 3.68. The van der Waals surface area contributed by atoms with Gasteiger partial charge in [-0.25, -0.2) is 4.79 Å². The Morgan fingerprint density at radius 3 is 2.44 bits per heavy atom. The minimum atomic E-state index is -0.590. The van der Waals surface area contributed by atoms with Crippen molar-refractivity contribution in [1.82, 2.24) is 0 Å². The second kappa shape index (κ2) is 5.95. The summed E-state index contributed by atoms with van der Waals surface area (Å²) in [5.74, 6) is 0.275. The SMILES string of the molecule is C=CC(=O)OC(Oc1ccccc1)C(C)C. The Kier molecular flexibility index (Phi) is 4.58. The van der Waals surface area contributed by atoms with Crippen LogP contribution < -0.4 is 4.74 Å². The summed E-state index contributed by atoms with van der Waals surface area (Å²) in [5, 5.41) is 0. The van der Waals surface area contributed by atoms with E-state index in [1.807, 2.05) is 44.2 Å². The quantitative estimate of drug-likeness (QED) is 0.435. The number of hydrogen-bond acceptors (Lipinski definition) is 3. The molecule has 0 saturated carbocycles. The van der Waals surface area contributed by atoms with E-state index in [4.69, 9.17) is 9.47 Å². The molecule has 1 rings (SSSR count). The van der Waals surface area contributed by atoms with Gasteiger partial charge in [-0.05, 0) is 12.1 Å². The molecule has 1 aromatic rings. The zero-order chi connectivity index (χ0) is 12.0. The number of ether oxygens (including phenoxy) is 2.